The van der Waals surface area contributed by atoms with Gasteiger partial charge in [0.25, 0.3) is 0 Å². The lowest BCUT2D eigenvalue weighted by Crippen LogP contribution is -2.06. The molecule has 0 heterocycles. The molecule has 2 aromatic rings. The first-order chi connectivity index (χ1) is 24.8. The van der Waals surface area contributed by atoms with Gasteiger partial charge in [-0.05, 0) is 61.1 Å². The maximum absolute atomic E-state index is 12.3. The van der Waals surface area contributed by atoms with E-state index < -0.39 is 11.9 Å². The van der Waals surface area contributed by atoms with Gasteiger partial charge < -0.3 is 20.4 Å². The molecule has 0 saturated carbocycles. The van der Waals surface area contributed by atoms with Crippen LogP contribution >= 0.6 is 11.8 Å². The first kappa shape index (κ1) is 44.5. The average molecular weight is 727 g/mol. The molecule has 4 N–H and O–H groups in total. The third kappa shape index (κ3) is 18.1. The van der Waals surface area contributed by atoms with E-state index in [1.165, 1.54) is 153 Å². The molecular formula is C44H70O6S. The summed E-state index contributed by atoms with van der Waals surface area (Å²) in [4.78, 5) is 25.3. The Morgan fingerprint density at radius 3 is 0.941 bits per heavy atom. The Hall–Kier alpha value is -2.67. The summed E-state index contributed by atoms with van der Waals surface area (Å²) < 4.78 is 0. The van der Waals surface area contributed by atoms with Crippen molar-refractivity contribution in [1.29, 1.82) is 0 Å². The number of rotatable bonds is 32. The van der Waals surface area contributed by atoms with Crippen molar-refractivity contribution in [3.05, 3.63) is 46.5 Å². The van der Waals surface area contributed by atoms with Crippen LogP contribution in [-0.4, -0.2) is 32.4 Å². The lowest BCUT2D eigenvalue weighted by atomic mass is 9.99. The summed E-state index contributed by atoms with van der Waals surface area (Å²) in [5.41, 5.74) is 1.37. The van der Waals surface area contributed by atoms with Crippen molar-refractivity contribution < 1.29 is 30.0 Å². The molecule has 0 saturated heterocycles. The summed E-state index contributed by atoms with van der Waals surface area (Å²) in [6.45, 7) is 4.50. The molecule has 0 aliphatic rings. The largest absolute Gasteiger partial charge is 0.507 e. The monoisotopic (exact) mass is 726 g/mol. The van der Waals surface area contributed by atoms with Gasteiger partial charge in [0, 0.05) is 0 Å². The SMILES string of the molecule is CCCCCCCCCCCCCCCc1c(C(=O)O)ccc(O)c1Sc1c(O)ccc(C(=O)O)c1CCCCCCCCCCCCCCC. The molecule has 0 radical (unpaired) electrons. The van der Waals surface area contributed by atoms with Crippen LogP contribution in [0.5, 0.6) is 11.5 Å². The van der Waals surface area contributed by atoms with Crippen LogP contribution < -0.4 is 0 Å². The van der Waals surface area contributed by atoms with Crippen LogP contribution in [0.3, 0.4) is 0 Å². The van der Waals surface area contributed by atoms with Crippen LogP contribution in [0.2, 0.25) is 0 Å². The first-order valence-electron chi connectivity index (χ1n) is 20.7. The Kier molecular flexibility index (Phi) is 24.3. The number of benzene rings is 2. The molecule has 0 aliphatic carbocycles. The number of unbranched alkanes of at least 4 members (excludes halogenated alkanes) is 24. The smallest absolute Gasteiger partial charge is 0.336 e. The van der Waals surface area contributed by atoms with Gasteiger partial charge in [-0.2, -0.15) is 0 Å². The minimum absolute atomic E-state index is 0.0540. The van der Waals surface area contributed by atoms with Gasteiger partial charge in [0.1, 0.15) is 11.5 Å². The number of carboxylic acids is 2. The van der Waals surface area contributed by atoms with Crippen molar-refractivity contribution in [2.24, 2.45) is 0 Å². The second-order valence-corrected chi connectivity index (χ2v) is 15.6. The highest BCUT2D eigenvalue weighted by atomic mass is 32.2. The van der Waals surface area contributed by atoms with Gasteiger partial charge in [0.15, 0.2) is 0 Å². The number of aromatic hydroxyl groups is 2. The van der Waals surface area contributed by atoms with E-state index in [9.17, 15) is 30.0 Å². The van der Waals surface area contributed by atoms with E-state index in [1.807, 2.05) is 0 Å². The fourth-order valence-electron chi connectivity index (χ4n) is 7.10. The predicted octanol–water partition coefficient (Wildman–Crippen LogP) is 13.9. The zero-order valence-electron chi connectivity index (χ0n) is 32.1. The van der Waals surface area contributed by atoms with Crippen molar-refractivity contribution in [2.75, 3.05) is 0 Å². The lowest BCUT2D eigenvalue weighted by molar-refractivity contribution is 0.0684. The Morgan fingerprint density at radius 1 is 0.431 bits per heavy atom. The van der Waals surface area contributed by atoms with Crippen molar-refractivity contribution in [3.8, 4) is 11.5 Å². The third-order valence-electron chi connectivity index (χ3n) is 10.2. The molecule has 7 heteroatoms. The van der Waals surface area contributed by atoms with Crippen molar-refractivity contribution in [1.82, 2.24) is 0 Å². The van der Waals surface area contributed by atoms with Gasteiger partial charge >= 0.3 is 11.9 Å². The van der Waals surface area contributed by atoms with Gasteiger partial charge in [0.2, 0.25) is 0 Å². The highest BCUT2D eigenvalue weighted by molar-refractivity contribution is 7.99. The Morgan fingerprint density at radius 2 is 0.686 bits per heavy atom. The summed E-state index contributed by atoms with van der Waals surface area (Å²) >= 11 is 1.10. The quantitative estimate of drug-likeness (QED) is 0.0555. The molecule has 6 nitrogen and oxygen atoms in total. The summed E-state index contributed by atoms with van der Waals surface area (Å²) in [5, 5.41) is 42.1. The molecule has 0 aromatic heterocycles. The molecule has 0 fully saturated rings. The van der Waals surface area contributed by atoms with E-state index in [0.717, 1.165) is 50.3 Å². The van der Waals surface area contributed by atoms with Crippen LogP contribution in [0.25, 0.3) is 0 Å². The molecule has 2 rings (SSSR count). The number of phenolic OH excluding ortho intramolecular Hbond substituents is 2. The van der Waals surface area contributed by atoms with Gasteiger partial charge in [-0.1, -0.05) is 180 Å². The molecule has 0 spiro atoms. The number of aromatic carboxylic acids is 2. The standard InChI is InChI=1S/C44H70O6S/c1-3-5-7-9-11-13-15-17-19-21-23-25-27-29-35-37(43(47)48)31-33-39(45)41(35)51-42-36(38(44(49)50)32-34-40(42)46)30-28-26-24-22-20-18-16-14-12-10-8-6-4-2/h31-34,45-46H,3-30H2,1-2H3,(H,47,48)(H,49,50). The van der Waals surface area contributed by atoms with Crippen LogP contribution in [-0.2, 0) is 12.8 Å². The van der Waals surface area contributed by atoms with Crippen molar-refractivity contribution in [2.45, 2.75) is 203 Å². The van der Waals surface area contributed by atoms with E-state index in [-0.39, 0.29) is 22.6 Å². The zero-order chi connectivity index (χ0) is 37.1. The summed E-state index contributed by atoms with van der Waals surface area (Å²) in [5.74, 6) is -2.22. The van der Waals surface area contributed by atoms with Crippen LogP contribution in [0.1, 0.15) is 213 Å². The number of carbonyl (C=O) groups is 2. The molecule has 0 amide bonds. The summed E-state index contributed by atoms with van der Waals surface area (Å²) in [7, 11) is 0. The zero-order valence-corrected chi connectivity index (χ0v) is 32.9. The molecule has 0 aliphatic heterocycles. The Labute approximate surface area is 314 Å². The fourth-order valence-corrected chi connectivity index (χ4v) is 8.32. The van der Waals surface area contributed by atoms with E-state index >= 15 is 0 Å². The molecule has 0 bridgehead atoms. The van der Waals surface area contributed by atoms with Gasteiger partial charge in [0.05, 0.1) is 20.9 Å². The van der Waals surface area contributed by atoms with E-state index in [0.29, 0.717) is 33.8 Å². The molecule has 2 aromatic carbocycles. The first-order valence-corrected chi connectivity index (χ1v) is 21.5. The number of hydrogen-bond donors (Lipinski definition) is 4. The van der Waals surface area contributed by atoms with E-state index in [1.54, 1.807) is 0 Å². The highest BCUT2D eigenvalue weighted by Gasteiger charge is 2.23. The fraction of sp³-hybridized carbons (Fsp3) is 0.682. The second-order valence-electron chi connectivity index (χ2n) is 14.6. The highest BCUT2D eigenvalue weighted by Crippen LogP contribution is 2.45. The number of phenols is 2. The van der Waals surface area contributed by atoms with E-state index in [4.69, 9.17) is 0 Å². The lowest BCUT2D eigenvalue weighted by Gasteiger charge is -2.18. The van der Waals surface area contributed by atoms with Crippen molar-refractivity contribution >= 4 is 23.7 Å². The summed E-state index contributed by atoms with van der Waals surface area (Å²) in [6.07, 6.45) is 32.6. The van der Waals surface area contributed by atoms with Gasteiger partial charge in [-0.25, -0.2) is 9.59 Å². The van der Waals surface area contributed by atoms with Crippen LogP contribution in [0.15, 0.2) is 34.1 Å². The molecule has 51 heavy (non-hydrogen) atoms. The Balaban J connectivity index is 1.96. The van der Waals surface area contributed by atoms with Crippen LogP contribution in [0, 0.1) is 0 Å². The van der Waals surface area contributed by atoms with Crippen LogP contribution in [0.4, 0.5) is 0 Å². The predicted molar refractivity (Wildman–Crippen MR) is 213 cm³/mol. The molecule has 0 unspecified atom stereocenters. The minimum Gasteiger partial charge on any atom is -0.507 e. The molecular weight excluding hydrogens is 657 g/mol. The normalized spacial score (nSPS) is 11.3. The minimum atomic E-state index is -1.06. The van der Waals surface area contributed by atoms with Crippen molar-refractivity contribution in [3.63, 3.8) is 0 Å². The number of carboxylic acid groups (broad SMARTS) is 2. The second kappa shape index (κ2) is 27.9. The summed E-state index contributed by atoms with van der Waals surface area (Å²) in [6, 6.07) is 5.68. The average Bonchev–Trinajstić information content (AvgIpc) is 3.10. The Bertz CT molecular complexity index is 1160. The van der Waals surface area contributed by atoms with E-state index in [2.05, 4.69) is 13.8 Å². The third-order valence-corrected chi connectivity index (χ3v) is 11.5. The number of hydrogen-bond acceptors (Lipinski definition) is 5. The molecule has 0 atom stereocenters. The topological polar surface area (TPSA) is 115 Å². The van der Waals surface area contributed by atoms with Gasteiger partial charge in [-0.15, -0.1) is 0 Å². The maximum Gasteiger partial charge on any atom is 0.336 e. The maximum atomic E-state index is 12.3. The molecule has 288 valence electrons. The van der Waals surface area contributed by atoms with Gasteiger partial charge in [-0.3, -0.25) is 0 Å².